The van der Waals surface area contributed by atoms with Gasteiger partial charge in [-0.05, 0) is 31.2 Å². The maximum Gasteiger partial charge on any atom is 0.0709 e. The Bertz CT molecular complexity index is 536. The van der Waals surface area contributed by atoms with Crippen molar-refractivity contribution < 1.29 is 0 Å². The molecular formula is C15H20Br2N2. The van der Waals surface area contributed by atoms with Crippen LogP contribution in [-0.2, 0) is 13.0 Å². The summed E-state index contributed by atoms with van der Waals surface area (Å²) in [6.45, 7) is 5.31. The van der Waals surface area contributed by atoms with Crippen molar-refractivity contribution >= 4 is 42.8 Å². The summed E-state index contributed by atoms with van der Waals surface area (Å²) in [4.78, 5) is 0. The maximum absolute atomic E-state index is 4.81. The summed E-state index contributed by atoms with van der Waals surface area (Å²) in [6.07, 6.45) is 2.14. The SMILES string of the molecule is CCn1nc(CC(CC)(CBr)CBr)c2ccccc21. The van der Waals surface area contributed by atoms with E-state index in [0.717, 1.165) is 30.0 Å². The Kier molecular flexibility index (Phi) is 5.07. The number of fused-ring (bicyclic) bond motifs is 1. The number of halogens is 2. The van der Waals surface area contributed by atoms with Gasteiger partial charge < -0.3 is 0 Å². The van der Waals surface area contributed by atoms with Crippen LogP contribution in [0.4, 0.5) is 0 Å². The van der Waals surface area contributed by atoms with Gasteiger partial charge in [0.25, 0.3) is 0 Å². The molecule has 0 fully saturated rings. The minimum absolute atomic E-state index is 0.246. The van der Waals surface area contributed by atoms with Gasteiger partial charge in [0.2, 0.25) is 0 Å². The Balaban J connectivity index is 2.45. The minimum atomic E-state index is 0.246. The fourth-order valence-electron chi connectivity index (χ4n) is 2.37. The van der Waals surface area contributed by atoms with Crippen LogP contribution < -0.4 is 0 Å². The second kappa shape index (κ2) is 6.40. The highest BCUT2D eigenvalue weighted by atomic mass is 79.9. The molecule has 2 aromatic rings. The third kappa shape index (κ3) is 2.89. The molecule has 0 atom stereocenters. The van der Waals surface area contributed by atoms with Crippen LogP contribution in [0.5, 0.6) is 0 Å². The van der Waals surface area contributed by atoms with Crippen molar-refractivity contribution in [1.29, 1.82) is 0 Å². The highest BCUT2D eigenvalue weighted by Crippen LogP contribution is 2.33. The van der Waals surface area contributed by atoms with E-state index in [-0.39, 0.29) is 5.41 Å². The van der Waals surface area contributed by atoms with Crippen molar-refractivity contribution in [2.24, 2.45) is 5.41 Å². The number of rotatable bonds is 6. The van der Waals surface area contributed by atoms with Crippen molar-refractivity contribution in [2.45, 2.75) is 33.2 Å². The summed E-state index contributed by atoms with van der Waals surface area (Å²) in [5.74, 6) is 0. The number of aryl methyl sites for hydroxylation is 1. The van der Waals surface area contributed by atoms with Crippen LogP contribution in [0.1, 0.15) is 26.0 Å². The predicted octanol–water partition coefficient (Wildman–Crippen LogP) is 4.78. The van der Waals surface area contributed by atoms with E-state index in [1.165, 1.54) is 16.6 Å². The molecule has 1 aromatic carbocycles. The lowest BCUT2D eigenvalue weighted by Gasteiger charge is -2.27. The molecule has 0 N–H and O–H groups in total. The molecule has 0 aliphatic heterocycles. The zero-order valence-electron chi connectivity index (χ0n) is 11.5. The van der Waals surface area contributed by atoms with Gasteiger partial charge in [0.05, 0.1) is 11.2 Å². The molecule has 0 saturated carbocycles. The van der Waals surface area contributed by atoms with E-state index in [2.05, 4.69) is 74.7 Å². The van der Waals surface area contributed by atoms with Gasteiger partial charge in [0.15, 0.2) is 0 Å². The van der Waals surface area contributed by atoms with E-state index in [0.29, 0.717) is 0 Å². The topological polar surface area (TPSA) is 17.8 Å². The number of nitrogens with zero attached hydrogens (tertiary/aromatic N) is 2. The van der Waals surface area contributed by atoms with E-state index in [1.54, 1.807) is 0 Å². The molecule has 2 nitrogen and oxygen atoms in total. The first-order valence-corrected chi connectivity index (χ1v) is 9.00. The molecule has 0 unspecified atom stereocenters. The van der Waals surface area contributed by atoms with Crippen LogP contribution in [0.2, 0.25) is 0 Å². The van der Waals surface area contributed by atoms with E-state index in [1.807, 2.05) is 0 Å². The summed E-state index contributed by atoms with van der Waals surface area (Å²) < 4.78 is 2.10. The number of hydrogen-bond donors (Lipinski definition) is 0. The third-order valence-corrected chi connectivity index (χ3v) is 6.27. The zero-order chi connectivity index (χ0) is 13.9. The first kappa shape index (κ1) is 15.0. The fraction of sp³-hybridized carbons (Fsp3) is 0.533. The fourth-order valence-corrected chi connectivity index (χ4v) is 4.49. The lowest BCUT2D eigenvalue weighted by atomic mass is 9.84. The Morgan fingerprint density at radius 2 is 1.84 bits per heavy atom. The number of alkyl halides is 2. The van der Waals surface area contributed by atoms with Crippen LogP contribution in [-0.4, -0.2) is 20.4 Å². The van der Waals surface area contributed by atoms with Crippen LogP contribution in [0.3, 0.4) is 0 Å². The average molecular weight is 388 g/mol. The highest BCUT2D eigenvalue weighted by molar-refractivity contribution is 9.09. The summed E-state index contributed by atoms with van der Waals surface area (Å²) in [5.41, 5.74) is 2.71. The zero-order valence-corrected chi connectivity index (χ0v) is 14.7. The molecule has 0 aliphatic carbocycles. The molecule has 0 spiro atoms. The molecule has 1 aromatic heterocycles. The van der Waals surface area contributed by atoms with Crippen LogP contribution >= 0.6 is 31.9 Å². The molecular weight excluding hydrogens is 368 g/mol. The lowest BCUT2D eigenvalue weighted by Crippen LogP contribution is -2.27. The summed E-state index contributed by atoms with van der Waals surface area (Å²) in [6, 6.07) is 8.53. The molecule has 0 radical (unpaired) electrons. The van der Waals surface area contributed by atoms with E-state index < -0.39 is 0 Å². The summed E-state index contributed by atoms with van der Waals surface area (Å²) in [7, 11) is 0. The van der Waals surface area contributed by atoms with Crippen LogP contribution in [0.15, 0.2) is 24.3 Å². The molecule has 19 heavy (non-hydrogen) atoms. The Labute approximate surface area is 131 Å². The highest BCUT2D eigenvalue weighted by Gasteiger charge is 2.28. The van der Waals surface area contributed by atoms with E-state index >= 15 is 0 Å². The molecule has 4 heteroatoms. The quantitative estimate of drug-likeness (QED) is 0.651. The molecule has 0 amide bonds. The van der Waals surface area contributed by atoms with Crippen molar-refractivity contribution in [1.82, 2.24) is 9.78 Å². The average Bonchev–Trinajstić information content (AvgIpc) is 2.83. The van der Waals surface area contributed by atoms with Crippen molar-refractivity contribution in [3.05, 3.63) is 30.0 Å². The van der Waals surface area contributed by atoms with Crippen molar-refractivity contribution in [3.8, 4) is 0 Å². The van der Waals surface area contributed by atoms with Crippen molar-refractivity contribution in [2.75, 3.05) is 10.7 Å². The second-order valence-corrected chi connectivity index (χ2v) is 6.20. The number of para-hydroxylation sites is 1. The largest absolute Gasteiger partial charge is 0.265 e. The molecule has 0 saturated heterocycles. The number of aromatic nitrogens is 2. The van der Waals surface area contributed by atoms with Crippen LogP contribution in [0.25, 0.3) is 10.9 Å². The van der Waals surface area contributed by atoms with Gasteiger partial charge in [0.1, 0.15) is 0 Å². The number of benzene rings is 1. The van der Waals surface area contributed by atoms with Crippen molar-refractivity contribution in [3.63, 3.8) is 0 Å². The maximum atomic E-state index is 4.81. The smallest absolute Gasteiger partial charge is 0.0709 e. The normalized spacial score (nSPS) is 12.2. The van der Waals surface area contributed by atoms with E-state index in [4.69, 9.17) is 5.10 Å². The molecule has 0 aliphatic rings. The summed E-state index contributed by atoms with van der Waals surface area (Å²) in [5, 5.41) is 8.10. The van der Waals surface area contributed by atoms with Crippen LogP contribution in [0, 0.1) is 5.41 Å². The lowest BCUT2D eigenvalue weighted by molar-refractivity contribution is 0.369. The molecule has 0 bridgehead atoms. The Morgan fingerprint density at radius 1 is 1.16 bits per heavy atom. The minimum Gasteiger partial charge on any atom is -0.265 e. The van der Waals surface area contributed by atoms with Gasteiger partial charge in [-0.1, -0.05) is 57.0 Å². The third-order valence-electron chi connectivity index (χ3n) is 3.89. The van der Waals surface area contributed by atoms with E-state index in [9.17, 15) is 0 Å². The Morgan fingerprint density at radius 3 is 2.42 bits per heavy atom. The van der Waals surface area contributed by atoms with Gasteiger partial charge in [0, 0.05) is 22.6 Å². The molecule has 1 heterocycles. The first-order chi connectivity index (χ1) is 9.19. The monoisotopic (exact) mass is 386 g/mol. The van der Waals surface area contributed by atoms with Gasteiger partial charge >= 0.3 is 0 Å². The standard InChI is InChI=1S/C15H20Br2N2/c1-3-15(10-16,11-17)9-13-12-7-5-6-8-14(12)19(4-2)18-13/h5-8H,3-4,9-11H2,1-2H3. The molecule has 2 rings (SSSR count). The predicted molar refractivity (Wildman–Crippen MR) is 89.4 cm³/mol. The van der Waals surface area contributed by atoms with Gasteiger partial charge in [-0.3, -0.25) is 4.68 Å². The summed E-state index contributed by atoms with van der Waals surface area (Å²) >= 11 is 7.35. The second-order valence-electron chi connectivity index (χ2n) is 5.08. The van der Waals surface area contributed by atoms with Gasteiger partial charge in [-0.2, -0.15) is 5.10 Å². The first-order valence-electron chi connectivity index (χ1n) is 6.76. The Hall–Kier alpha value is -0.350. The number of hydrogen-bond acceptors (Lipinski definition) is 1. The van der Waals surface area contributed by atoms with Gasteiger partial charge in [-0.15, -0.1) is 0 Å². The van der Waals surface area contributed by atoms with Gasteiger partial charge in [-0.25, -0.2) is 0 Å². The molecule has 104 valence electrons.